The Bertz CT molecular complexity index is 351. The molecule has 0 aliphatic heterocycles. The van der Waals surface area contributed by atoms with E-state index >= 15 is 0 Å². The molecule has 0 saturated heterocycles. The second-order valence-corrected chi connectivity index (χ2v) is 4.75. The number of likely N-dealkylation sites (N-methyl/N-ethyl adjacent to an activating group) is 1. The monoisotopic (exact) mass is 237 g/mol. The minimum atomic E-state index is 0.387. The van der Waals surface area contributed by atoms with Crippen LogP contribution in [0.15, 0.2) is 12.1 Å². The van der Waals surface area contributed by atoms with Crippen LogP contribution in [-0.2, 0) is 6.54 Å². The zero-order chi connectivity index (χ0) is 12.8. The topological polar surface area (TPSA) is 51.4 Å². The van der Waals surface area contributed by atoms with Crippen molar-refractivity contribution in [3.63, 3.8) is 0 Å². The van der Waals surface area contributed by atoms with Crippen molar-refractivity contribution in [1.82, 2.24) is 9.88 Å². The van der Waals surface area contributed by atoms with Crippen molar-refractivity contribution >= 4 is 0 Å². The number of rotatable bonds is 6. The Balaban J connectivity index is 2.73. The summed E-state index contributed by atoms with van der Waals surface area (Å²) in [6.45, 7) is 6.28. The van der Waals surface area contributed by atoms with Crippen molar-refractivity contribution in [2.45, 2.75) is 26.3 Å². The van der Waals surface area contributed by atoms with Gasteiger partial charge in [0.25, 0.3) is 0 Å². The molecule has 0 radical (unpaired) electrons. The molecule has 4 nitrogen and oxygen atoms in total. The predicted molar refractivity (Wildman–Crippen MR) is 70.3 cm³/mol. The molecule has 4 heteroatoms. The Morgan fingerprint density at radius 2 is 2.06 bits per heavy atom. The van der Waals surface area contributed by atoms with E-state index in [-0.39, 0.29) is 0 Å². The Morgan fingerprint density at radius 3 is 2.59 bits per heavy atom. The lowest BCUT2D eigenvalue weighted by atomic mass is 10.1. The van der Waals surface area contributed by atoms with Gasteiger partial charge < -0.3 is 15.4 Å². The molecule has 0 fully saturated rings. The third-order valence-corrected chi connectivity index (χ3v) is 2.50. The summed E-state index contributed by atoms with van der Waals surface area (Å²) in [5, 5.41) is 0. The third-order valence-electron chi connectivity index (χ3n) is 2.50. The number of nitrogens with two attached hydrogens (primary N) is 1. The number of hydrogen-bond acceptors (Lipinski definition) is 4. The predicted octanol–water partition coefficient (Wildman–Crippen LogP) is 1.60. The van der Waals surface area contributed by atoms with Crippen molar-refractivity contribution < 1.29 is 4.74 Å². The summed E-state index contributed by atoms with van der Waals surface area (Å²) in [5.74, 6) is 1.07. The van der Waals surface area contributed by atoms with Crippen LogP contribution in [0.2, 0.25) is 0 Å². The van der Waals surface area contributed by atoms with E-state index < -0.39 is 0 Å². The van der Waals surface area contributed by atoms with Crippen molar-refractivity contribution in [2.24, 2.45) is 5.73 Å². The maximum absolute atomic E-state index is 5.67. The van der Waals surface area contributed by atoms with E-state index in [1.807, 2.05) is 26.2 Å². The summed E-state index contributed by atoms with van der Waals surface area (Å²) in [5.41, 5.74) is 7.78. The molecule has 0 spiro atoms. The molecule has 0 aromatic carbocycles. The molecule has 1 rings (SSSR count). The van der Waals surface area contributed by atoms with Crippen LogP contribution in [0, 0.1) is 0 Å². The first-order valence-electron chi connectivity index (χ1n) is 6.01. The van der Waals surface area contributed by atoms with Gasteiger partial charge in [-0.1, -0.05) is 13.8 Å². The minimum Gasteiger partial charge on any atom is -0.476 e. The van der Waals surface area contributed by atoms with Crippen LogP contribution in [0.1, 0.15) is 31.0 Å². The molecular formula is C13H23N3O. The first kappa shape index (κ1) is 13.9. The molecule has 96 valence electrons. The van der Waals surface area contributed by atoms with Crippen molar-refractivity contribution in [3.8, 4) is 5.88 Å². The molecule has 2 N–H and O–H groups in total. The molecule has 17 heavy (non-hydrogen) atoms. The molecule has 0 atom stereocenters. The molecule has 1 aromatic heterocycles. The summed E-state index contributed by atoms with van der Waals surface area (Å²) in [7, 11) is 4.04. The molecule has 1 aromatic rings. The van der Waals surface area contributed by atoms with Gasteiger partial charge in [0, 0.05) is 24.8 Å². The molecule has 0 bridgehead atoms. The van der Waals surface area contributed by atoms with E-state index in [4.69, 9.17) is 10.5 Å². The molecule has 1 heterocycles. The summed E-state index contributed by atoms with van der Waals surface area (Å²) in [6, 6.07) is 3.96. The van der Waals surface area contributed by atoms with E-state index in [2.05, 4.69) is 23.7 Å². The lowest BCUT2D eigenvalue weighted by Gasteiger charge is -2.13. The number of hydrogen-bond donors (Lipinski definition) is 1. The van der Waals surface area contributed by atoms with Gasteiger partial charge in [-0.15, -0.1) is 0 Å². The van der Waals surface area contributed by atoms with Crippen LogP contribution in [0.5, 0.6) is 5.88 Å². The summed E-state index contributed by atoms with van der Waals surface area (Å²) >= 11 is 0. The highest BCUT2D eigenvalue weighted by atomic mass is 16.5. The zero-order valence-electron chi connectivity index (χ0n) is 11.2. The quantitative estimate of drug-likeness (QED) is 0.816. The van der Waals surface area contributed by atoms with Gasteiger partial charge in [-0.3, -0.25) is 0 Å². The van der Waals surface area contributed by atoms with Gasteiger partial charge in [-0.25, -0.2) is 4.98 Å². The van der Waals surface area contributed by atoms with Crippen LogP contribution in [-0.4, -0.2) is 37.1 Å². The van der Waals surface area contributed by atoms with Crippen molar-refractivity contribution in [3.05, 3.63) is 23.4 Å². The average Bonchev–Trinajstić information content (AvgIpc) is 2.28. The first-order chi connectivity index (χ1) is 8.02. The van der Waals surface area contributed by atoms with Crippen molar-refractivity contribution in [2.75, 3.05) is 27.2 Å². The van der Waals surface area contributed by atoms with E-state index in [0.717, 1.165) is 17.8 Å². The van der Waals surface area contributed by atoms with Crippen LogP contribution in [0.3, 0.4) is 0 Å². The Labute approximate surface area is 104 Å². The molecule has 0 unspecified atom stereocenters. The molecular weight excluding hydrogens is 214 g/mol. The normalized spacial score (nSPS) is 11.2. The van der Waals surface area contributed by atoms with Gasteiger partial charge in [0.15, 0.2) is 0 Å². The maximum atomic E-state index is 5.67. The van der Waals surface area contributed by atoms with Crippen molar-refractivity contribution in [1.29, 1.82) is 0 Å². The number of nitrogens with zero attached hydrogens (tertiary/aromatic N) is 2. The fourth-order valence-electron chi connectivity index (χ4n) is 1.40. The fourth-order valence-corrected chi connectivity index (χ4v) is 1.40. The summed E-state index contributed by atoms with van der Waals surface area (Å²) in [6.07, 6.45) is 0. The van der Waals surface area contributed by atoms with E-state index in [0.29, 0.717) is 24.9 Å². The lowest BCUT2D eigenvalue weighted by molar-refractivity contribution is 0.253. The summed E-state index contributed by atoms with van der Waals surface area (Å²) < 4.78 is 5.64. The van der Waals surface area contributed by atoms with Gasteiger partial charge >= 0.3 is 0 Å². The number of ether oxygens (including phenoxy) is 1. The third kappa shape index (κ3) is 4.71. The average molecular weight is 237 g/mol. The highest BCUT2D eigenvalue weighted by molar-refractivity contribution is 5.26. The Kier molecular flexibility index (Phi) is 5.38. The van der Waals surface area contributed by atoms with E-state index in [1.165, 1.54) is 0 Å². The smallest absolute Gasteiger partial charge is 0.213 e. The van der Waals surface area contributed by atoms with Crippen LogP contribution in [0.4, 0.5) is 0 Å². The SMILES string of the molecule is CC(C)c1cc(CN)cc(OCCN(C)C)n1. The second kappa shape index (κ2) is 6.57. The van der Waals surface area contributed by atoms with E-state index in [1.54, 1.807) is 0 Å². The van der Waals surface area contributed by atoms with Crippen LogP contribution < -0.4 is 10.5 Å². The summed E-state index contributed by atoms with van der Waals surface area (Å²) in [4.78, 5) is 6.56. The number of pyridine rings is 1. The van der Waals surface area contributed by atoms with Crippen LogP contribution in [0.25, 0.3) is 0 Å². The van der Waals surface area contributed by atoms with Crippen LogP contribution >= 0.6 is 0 Å². The van der Waals surface area contributed by atoms with Gasteiger partial charge in [0.05, 0.1) is 0 Å². The maximum Gasteiger partial charge on any atom is 0.213 e. The molecule has 0 saturated carbocycles. The highest BCUT2D eigenvalue weighted by Crippen LogP contribution is 2.18. The molecule has 0 aliphatic rings. The second-order valence-electron chi connectivity index (χ2n) is 4.75. The molecule has 0 aliphatic carbocycles. The standard InChI is InChI=1S/C13H23N3O/c1-10(2)12-7-11(9-14)8-13(15-12)17-6-5-16(3)4/h7-8,10H,5-6,9,14H2,1-4H3. The molecule has 0 amide bonds. The Hall–Kier alpha value is -1.13. The van der Waals surface area contributed by atoms with E-state index in [9.17, 15) is 0 Å². The first-order valence-corrected chi connectivity index (χ1v) is 6.01. The largest absolute Gasteiger partial charge is 0.476 e. The highest BCUT2D eigenvalue weighted by Gasteiger charge is 2.06. The minimum absolute atomic E-state index is 0.387. The number of aromatic nitrogens is 1. The Morgan fingerprint density at radius 1 is 1.35 bits per heavy atom. The fraction of sp³-hybridized carbons (Fsp3) is 0.615. The van der Waals surface area contributed by atoms with Gasteiger partial charge in [-0.05, 0) is 31.6 Å². The van der Waals surface area contributed by atoms with Gasteiger partial charge in [0.2, 0.25) is 5.88 Å². The lowest BCUT2D eigenvalue weighted by Crippen LogP contribution is -2.20. The van der Waals surface area contributed by atoms with Gasteiger partial charge in [-0.2, -0.15) is 0 Å². The van der Waals surface area contributed by atoms with Gasteiger partial charge in [0.1, 0.15) is 6.61 Å². The zero-order valence-corrected chi connectivity index (χ0v) is 11.2.